The molecule has 0 saturated carbocycles. The highest BCUT2D eigenvalue weighted by atomic mass is 32.1. The van der Waals surface area contributed by atoms with Crippen LogP contribution in [0.15, 0.2) is 45.8 Å². The van der Waals surface area contributed by atoms with E-state index in [1.165, 1.54) is 17.4 Å². The van der Waals surface area contributed by atoms with Gasteiger partial charge in [0.2, 0.25) is 0 Å². The van der Waals surface area contributed by atoms with Gasteiger partial charge in [0.1, 0.15) is 0 Å². The van der Waals surface area contributed by atoms with E-state index in [0.717, 1.165) is 10.6 Å². The van der Waals surface area contributed by atoms with E-state index in [-0.39, 0.29) is 24.2 Å². The molecule has 8 nitrogen and oxygen atoms in total. The van der Waals surface area contributed by atoms with Crippen LogP contribution in [0.1, 0.15) is 5.56 Å². The first-order chi connectivity index (χ1) is 11.6. The molecule has 2 aromatic rings. The second-order valence-corrected chi connectivity index (χ2v) is 6.42. The van der Waals surface area contributed by atoms with Crippen LogP contribution in [0.2, 0.25) is 0 Å². The maximum atomic E-state index is 12.4. The maximum Gasteiger partial charge on any atom is 0.325 e. The Bertz CT molecular complexity index is 853. The Morgan fingerprint density at radius 1 is 1.42 bits per heavy atom. The third-order valence-corrected chi connectivity index (χ3v) is 4.99. The Kier molecular flexibility index (Phi) is 4.54. The summed E-state index contributed by atoms with van der Waals surface area (Å²) in [6, 6.07) is 6.72. The molecule has 1 saturated heterocycles. The lowest BCUT2D eigenvalue weighted by Crippen LogP contribution is -2.32. The number of aromatic nitrogens is 1. The number of rotatable bonds is 5. The number of likely N-dealkylation sites (N-methyl/N-ethyl adjacent to an activating group) is 1. The van der Waals surface area contributed by atoms with Crippen LogP contribution < -0.4 is 10.5 Å². The summed E-state index contributed by atoms with van der Waals surface area (Å²) in [6.45, 7) is 1.21. The van der Waals surface area contributed by atoms with Gasteiger partial charge < -0.3 is 9.47 Å². The Morgan fingerprint density at radius 3 is 3.00 bits per heavy atom. The molecule has 0 bridgehead atoms. The van der Waals surface area contributed by atoms with Crippen molar-refractivity contribution in [3.63, 3.8) is 0 Å². The molecule has 1 aliphatic heterocycles. The maximum absolute atomic E-state index is 12.4. The third-order valence-electron chi connectivity index (χ3n) is 3.99. The summed E-state index contributed by atoms with van der Waals surface area (Å²) in [5.41, 5.74) is 9.35. The van der Waals surface area contributed by atoms with Gasteiger partial charge in [-0.05, 0) is 28.6 Å². The van der Waals surface area contributed by atoms with Crippen LogP contribution in [0.25, 0.3) is 10.4 Å². The van der Waals surface area contributed by atoms with Crippen LogP contribution in [-0.2, 0) is 6.54 Å². The average molecular weight is 344 g/mol. The first kappa shape index (κ1) is 16.1. The van der Waals surface area contributed by atoms with Crippen molar-refractivity contribution >= 4 is 22.4 Å². The molecule has 0 radical (unpaired) electrons. The van der Waals surface area contributed by atoms with Gasteiger partial charge in [-0.2, -0.15) is 0 Å². The van der Waals surface area contributed by atoms with Gasteiger partial charge in [0.25, 0.3) is 5.56 Å². The molecule has 2 amide bonds. The largest absolute Gasteiger partial charge is 0.325 e. The smallest absolute Gasteiger partial charge is 0.322 e. The van der Waals surface area contributed by atoms with Crippen molar-refractivity contribution in [1.82, 2.24) is 9.47 Å². The number of urea groups is 1. The van der Waals surface area contributed by atoms with Crippen LogP contribution in [0.4, 0.5) is 9.80 Å². The number of anilines is 1. The summed E-state index contributed by atoms with van der Waals surface area (Å²) >= 11 is 1.46. The normalized spacial score (nSPS) is 17.2. The lowest BCUT2D eigenvalue weighted by atomic mass is 10.3. The molecule has 2 aromatic heterocycles. The third kappa shape index (κ3) is 3.12. The highest BCUT2D eigenvalue weighted by molar-refractivity contribution is 7.14. The summed E-state index contributed by atoms with van der Waals surface area (Å²) in [7, 11) is 1.71. The van der Waals surface area contributed by atoms with Gasteiger partial charge in [0.15, 0.2) is 0 Å². The van der Waals surface area contributed by atoms with Gasteiger partial charge >= 0.3 is 6.03 Å². The van der Waals surface area contributed by atoms with Crippen molar-refractivity contribution < 1.29 is 4.79 Å². The molecule has 124 valence electrons. The van der Waals surface area contributed by atoms with E-state index in [0.29, 0.717) is 13.1 Å². The predicted octanol–water partition coefficient (Wildman–Crippen LogP) is 2.51. The molecule has 9 heteroatoms. The molecule has 1 fully saturated rings. The standard InChI is InChI=1S/C15H16N6O2S/c1-19-12(7-17-18-16)9-21(15(19)23)14-6-11(10-24-14)8-20-5-3-2-4-13(20)22/h2-6,10,12H,7-9H2,1H3/t12-/m0/s1. The summed E-state index contributed by atoms with van der Waals surface area (Å²) in [5.74, 6) is 0. The predicted molar refractivity (Wildman–Crippen MR) is 92.4 cm³/mol. The number of azide groups is 1. The Balaban J connectivity index is 1.76. The Morgan fingerprint density at radius 2 is 2.25 bits per heavy atom. The lowest BCUT2D eigenvalue weighted by molar-refractivity contribution is 0.220. The minimum Gasteiger partial charge on any atom is -0.322 e. The Labute approximate surface area is 142 Å². The molecule has 3 heterocycles. The number of hydrogen-bond donors (Lipinski definition) is 0. The number of thiophene rings is 1. The molecule has 1 atom stereocenters. The fraction of sp³-hybridized carbons (Fsp3) is 0.333. The molecule has 0 aliphatic carbocycles. The van der Waals surface area contributed by atoms with Crippen molar-refractivity contribution in [2.75, 3.05) is 25.0 Å². The Hall–Kier alpha value is -2.77. The minimum absolute atomic E-state index is 0.0586. The zero-order valence-corrected chi connectivity index (χ0v) is 13.9. The molecule has 1 aliphatic rings. The fourth-order valence-electron chi connectivity index (χ4n) is 2.63. The number of carbonyl (C=O) groups is 1. The van der Waals surface area contributed by atoms with Crippen molar-refractivity contribution in [3.8, 4) is 0 Å². The molecule has 24 heavy (non-hydrogen) atoms. The van der Waals surface area contributed by atoms with Gasteiger partial charge in [0, 0.05) is 37.3 Å². The van der Waals surface area contributed by atoms with Gasteiger partial charge in [-0.15, -0.1) is 11.3 Å². The molecule has 0 unspecified atom stereocenters. The van der Waals surface area contributed by atoms with E-state index in [9.17, 15) is 9.59 Å². The van der Waals surface area contributed by atoms with Gasteiger partial charge in [-0.1, -0.05) is 11.2 Å². The molecule has 0 aromatic carbocycles. The lowest BCUT2D eigenvalue weighted by Gasteiger charge is -2.14. The van der Waals surface area contributed by atoms with Crippen LogP contribution in [-0.4, -0.2) is 41.7 Å². The van der Waals surface area contributed by atoms with Gasteiger partial charge in [-0.3, -0.25) is 9.69 Å². The summed E-state index contributed by atoms with van der Waals surface area (Å²) in [5, 5.41) is 6.34. The van der Waals surface area contributed by atoms with Crippen LogP contribution in [0.5, 0.6) is 0 Å². The number of carbonyl (C=O) groups excluding carboxylic acids is 1. The van der Waals surface area contributed by atoms with E-state index in [1.807, 2.05) is 17.5 Å². The summed E-state index contributed by atoms with van der Waals surface area (Å²) < 4.78 is 1.62. The fourth-order valence-corrected chi connectivity index (χ4v) is 3.54. The second-order valence-electron chi connectivity index (χ2n) is 5.53. The van der Waals surface area contributed by atoms with Crippen molar-refractivity contribution in [1.29, 1.82) is 0 Å². The minimum atomic E-state index is -0.129. The monoisotopic (exact) mass is 344 g/mol. The van der Waals surface area contributed by atoms with E-state index >= 15 is 0 Å². The number of nitrogens with zero attached hydrogens (tertiary/aromatic N) is 6. The van der Waals surface area contributed by atoms with Crippen LogP contribution >= 0.6 is 11.3 Å². The first-order valence-electron chi connectivity index (χ1n) is 7.38. The number of pyridine rings is 1. The molecule has 3 rings (SSSR count). The van der Waals surface area contributed by atoms with E-state index < -0.39 is 0 Å². The van der Waals surface area contributed by atoms with Crippen LogP contribution in [0, 0.1) is 0 Å². The molecule has 0 spiro atoms. The number of amides is 2. The molecule has 0 N–H and O–H groups in total. The zero-order chi connectivity index (χ0) is 17.1. The van der Waals surface area contributed by atoms with E-state index in [4.69, 9.17) is 5.53 Å². The highest BCUT2D eigenvalue weighted by Gasteiger charge is 2.35. The average Bonchev–Trinajstić information content (AvgIpc) is 3.14. The van der Waals surface area contributed by atoms with Gasteiger partial charge in [-0.25, -0.2) is 4.79 Å². The first-order valence-corrected chi connectivity index (χ1v) is 8.26. The van der Waals surface area contributed by atoms with Crippen molar-refractivity contribution in [2.45, 2.75) is 12.6 Å². The van der Waals surface area contributed by atoms with Gasteiger partial charge in [0.05, 0.1) is 17.6 Å². The topological polar surface area (TPSA) is 94.3 Å². The number of hydrogen-bond acceptors (Lipinski definition) is 4. The molecular formula is C15H16N6O2S. The van der Waals surface area contributed by atoms with E-state index in [1.54, 1.807) is 33.7 Å². The van der Waals surface area contributed by atoms with Crippen molar-refractivity contribution in [2.24, 2.45) is 5.11 Å². The highest BCUT2D eigenvalue weighted by Crippen LogP contribution is 2.30. The van der Waals surface area contributed by atoms with Crippen LogP contribution in [0.3, 0.4) is 0 Å². The molecular weight excluding hydrogens is 328 g/mol. The zero-order valence-electron chi connectivity index (χ0n) is 13.1. The SMILES string of the molecule is CN1C(=O)N(c2cc(Cn3ccccc3=O)cs2)C[C@@H]1CN=[N+]=[N-]. The van der Waals surface area contributed by atoms with E-state index in [2.05, 4.69) is 10.0 Å². The summed E-state index contributed by atoms with van der Waals surface area (Å²) in [6.07, 6.45) is 1.74. The quantitative estimate of drug-likeness (QED) is 0.473. The summed E-state index contributed by atoms with van der Waals surface area (Å²) in [4.78, 5) is 30.2. The van der Waals surface area contributed by atoms with Crippen molar-refractivity contribution in [3.05, 3.63) is 62.2 Å². The second kappa shape index (κ2) is 6.77.